The van der Waals surface area contributed by atoms with Crippen LogP contribution in [0.5, 0.6) is 5.75 Å². The fraction of sp³-hybridized carbons (Fsp3) is 0.435. The summed E-state index contributed by atoms with van der Waals surface area (Å²) in [4.78, 5) is 39.6. The summed E-state index contributed by atoms with van der Waals surface area (Å²) in [5.41, 5.74) is 6.36. The van der Waals surface area contributed by atoms with Crippen LogP contribution < -0.4 is 21.1 Å². The highest BCUT2D eigenvalue weighted by atomic mass is 16.5. The molecule has 3 heterocycles. The minimum absolute atomic E-state index is 0.0240. The van der Waals surface area contributed by atoms with Crippen LogP contribution in [-0.2, 0) is 20.7 Å². The molecule has 0 bridgehead atoms. The minimum Gasteiger partial charge on any atom is -0.411 e. The summed E-state index contributed by atoms with van der Waals surface area (Å²) in [6.45, 7) is 2.34. The number of rotatable bonds is 7. The van der Waals surface area contributed by atoms with E-state index < -0.39 is 17.7 Å². The smallest absolute Gasteiger partial charge is 0.409 e. The first kappa shape index (κ1) is 21.6. The van der Waals surface area contributed by atoms with Gasteiger partial charge in [-0.1, -0.05) is 12.1 Å². The van der Waals surface area contributed by atoms with Crippen LogP contribution >= 0.6 is 0 Å². The molecule has 1 aliphatic carbocycles. The molecule has 5 N–H and O–H groups in total. The lowest BCUT2D eigenvalue weighted by molar-refractivity contribution is -0.137. The number of methoxy groups -OCH3 is 1. The number of hydrogen-bond acceptors (Lipinski definition) is 9. The Balaban J connectivity index is 1.33. The van der Waals surface area contributed by atoms with Gasteiger partial charge in [-0.25, -0.2) is 4.79 Å². The van der Waals surface area contributed by atoms with Crippen molar-refractivity contribution >= 4 is 17.7 Å². The maximum atomic E-state index is 13.5. The van der Waals surface area contributed by atoms with Crippen molar-refractivity contribution in [2.45, 2.75) is 31.2 Å². The van der Waals surface area contributed by atoms with Crippen molar-refractivity contribution in [3.8, 4) is 5.75 Å². The molecule has 174 valence electrons. The summed E-state index contributed by atoms with van der Waals surface area (Å²) in [6.07, 6.45) is -0.301. The third-order valence-electron chi connectivity index (χ3n) is 7.08. The fourth-order valence-corrected chi connectivity index (χ4v) is 5.53. The van der Waals surface area contributed by atoms with Crippen molar-refractivity contribution in [3.63, 3.8) is 0 Å². The van der Waals surface area contributed by atoms with E-state index in [-0.39, 0.29) is 36.0 Å². The lowest BCUT2D eigenvalue weighted by atomic mass is 9.82. The molecule has 4 atom stereocenters. The van der Waals surface area contributed by atoms with Crippen LogP contribution in [0.15, 0.2) is 46.8 Å². The summed E-state index contributed by atoms with van der Waals surface area (Å²) in [5, 5.41) is 16.7. The molecule has 0 aromatic heterocycles. The molecule has 4 unspecified atom stereocenters. The molecule has 3 aliphatic heterocycles. The Bertz CT molecular complexity index is 1110. The Hall–Kier alpha value is -3.21. The van der Waals surface area contributed by atoms with E-state index in [0.29, 0.717) is 42.1 Å². The van der Waals surface area contributed by atoms with Gasteiger partial charge in [0.1, 0.15) is 5.75 Å². The quantitative estimate of drug-likeness (QED) is 0.318. The fourth-order valence-electron chi connectivity index (χ4n) is 5.53. The number of hydrogen-bond donors (Lipinski definition) is 4. The zero-order valence-electron chi connectivity index (χ0n) is 18.4. The SMILES string of the molecule is COC12C(CO)C3=C(C(=O)C(C)=C(NCCc4ccc(OC(N)=O)cc4)C3=O)N1CC1NC12. The van der Waals surface area contributed by atoms with Crippen LogP contribution in [0.2, 0.25) is 0 Å². The van der Waals surface area contributed by atoms with Crippen molar-refractivity contribution in [3.05, 3.63) is 52.4 Å². The number of primary amides is 1. The number of allylic oxidation sites excluding steroid dienone is 2. The zero-order valence-corrected chi connectivity index (χ0v) is 18.4. The zero-order chi connectivity index (χ0) is 23.5. The first-order valence-electron chi connectivity index (χ1n) is 10.9. The average molecular weight is 454 g/mol. The van der Waals surface area contributed by atoms with Crippen LogP contribution in [0.25, 0.3) is 0 Å². The van der Waals surface area contributed by atoms with Gasteiger partial charge >= 0.3 is 6.09 Å². The van der Waals surface area contributed by atoms with E-state index in [2.05, 4.69) is 10.6 Å². The lowest BCUT2D eigenvalue weighted by Gasteiger charge is -2.39. The molecule has 1 aromatic rings. The van der Waals surface area contributed by atoms with Crippen molar-refractivity contribution < 1.29 is 29.0 Å². The first-order valence-corrected chi connectivity index (χ1v) is 10.9. The van der Waals surface area contributed by atoms with Gasteiger partial charge in [0.25, 0.3) is 0 Å². The molecule has 10 heteroatoms. The third kappa shape index (κ3) is 3.09. The van der Waals surface area contributed by atoms with Gasteiger partial charge in [-0.15, -0.1) is 0 Å². The second-order valence-electron chi connectivity index (χ2n) is 8.71. The summed E-state index contributed by atoms with van der Waals surface area (Å²) in [5.74, 6) is -0.740. The highest BCUT2D eigenvalue weighted by Crippen LogP contribution is 2.55. The molecular weight excluding hydrogens is 428 g/mol. The predicted octanol–water partition coefficient (Wildman–Crippen LogP) is -0.423. The van der Waals surface area contributed by atoms with Crippen molar-refractivity contribution in [2.75, 3.05) is 26.8 Å². The van der Waals surface area contributed by atoms with Crippen LogP contribution in [0.3, 0.4) is 0 Å². The molecule has 33 heavy (non-hydrogen) atoms. The van der Waals surface area contributed by atoms with Gasteiger partial charge in [-0.3, -0.25) is 9.59 Å². The van der Waals surface area contributed by atoms with Gasteiger partial charge in [0.2, 0.25) is 11.6 Å². The molecule has 0 radical (unpaired) electrons. The Labute approximate surface area is 190 Å². The van der Waals surface area contributed by atoms with Gasteiger partial charge in [0.05, 0.1) is 30.0 Å². The standard InChI is InChI=1S/C23H26N4O6/c1-11-17(25-8-7-12-3-5-13(6-4-12)33-22(24)31)20(30)16-14(10-28)23(32-2)21-15(26-21)9-27(23)18(16)19(11)29/h3-6,14-15,21,25-26,28H,7-10H2,1-2H3,(H2,24,31). The number of fused-ring (bicyclic) bond motifs is 4. The Morgan fingerprint density at radius 2 is 2.03 bits per heavy atom. The van der Waals surface area contributed by atoms with Crippen LogP contribution in [-0.4, -0.2) is 72.3 Å². The second kappa shape index (κ2) is 7.68. The van der Waals surface area contributed by atoms with E-state index >= 15 is 0 Å². The summed E-state index contributed by atoms with van der Waals surface area (Å²) >= 11 is 0. The molecule has 10 nitrogen and oxygen atoms in total. The lowest BCUT2D eigenvalue weighted by Crippen LogP contribution is -2.54. The topological polar surface area (TPSA) is 153 Å². The average Bonchev–Trinajstić information content (AvgIpc) is 3.40. The second-order valence-corrected chi connectivity index (χ2v) is 8.71. The van der Waals surface area contributed by atoms with Gasteiger partial charge in [0, 0.05) is 37.4 Å². The molecular formula is C23H26N4O6. The molecule has 5 rings (SSSR count). The van der Waals surface area contributed by atoms with Gasteiger partial charge < -0.3 is 35.8 Å². The summed E-state index contributed by atoms with van der Waals surface area (Å²) < 4.78 is 10.7. The Morgan fingerprint density at radius 1 is 1.30 bits per heavy atom. The normalized spacial score (nSPS) is 29.8. The third-order valence-corrected chi connectivity index (χ3v) is 7.08. The summed E-state index contributed by atoms with van der Waals surface area (Å²) in [7, 11) is 1.56. The first-order chi connectivity index (χ1) is 15.8. The maximum absolute atomic E-state index is 13.5. The van der Waals surface area contributed by atoms with Crippen LogP contribution in [0, 0.1) is 5.92 Å². The van der Waals surface area contributed by atoms with E-state index in [4.69, 9.17) is 15.2 Å². The number of aliphatic hydroxyl groups excluding tert-OH is 1. The molecule has 2 fully saturated rings. The Morgan fingerprint density at radius 3 is 2.67 bits per heavy atom. The van der Waals surface area contributed by atoms with Crippen molar-refractivity contribution in [1.29, 1.82) is 0 Å². The monoisotopic (exact) mass is 454 g/mol. The van der Waals surface area contributed by atoms with Gasteiger partial charge in [-0.2, -0.15) is 0 Å². The van der Waals surface area contributed by atoms with E-state index in [1.807, 2.05) is 4.90 Å². The Kier molecular flexibility index (Phi) is 5.04. The predicted molar refractivity (Wildman–Crippen MR) is 116 cm³/mol. The molecule has 0 spiro atoms. The van der Waals surface area contributed by atoms with Gasteiger partial charge in [-0.05, 0) is 31.0 Å². The van der Waals surface area contributed by atoms with E-state index in [0.717, 1.165) is 5.56 Å². The van der Waals surface area contributed by atoms with Crippen LogP contribution in [0.4, 0.5) is 4.79 Å². The number of Topliss-reactive ketones (excluding diaryl/α,β-unsaturated/α-hetero) is 2. The van der Waals surface area contributed by atoms with Crippen molar-refractivity contribution in [2.24, 2.45) is 11.7 Å². The highest BCUT2D eigenvalue weighted by Gasteiger charge is 2.72. The van der Waals surface area contributed by atoms with Gasteiger partial charge in [0.15, 0.2) is 5.72 Å². The number of amides is 1. The van der Waals surface area contributed by atoms with E-state index in [1.54, 1.807) is 38.3 Å². The van der Waals surface area contributed by atoms with Crippen LogP contribution in [0.1, 0.15) is 12.5 Å². The summed E-state index contributed by atoms with van der Waals surface area (Å²) in [6, 6.07) is 7.04. The number of nitrogens with zero attached hydrogens (tertiary/aromatic N) is 1. The van der Waals surface area contributed by atoms with E-state index in [1.165, 1.54) is 0 Å². The number of ketones is 2. The number of carbonyl (C=O) groups excluding carboxylic acids is 3. The largest absolute Gasteiger partial charge is 0.411 e. The van der Waals surface area contributed by atoms with Crippen molar-refractivity contribution in [1.82, 2.24) is 15.5 Å². The molecule has 1 aromatic carbocycles. The number of piperazine rings is 1. The molecule has 2 saturated heterocycles. The highest BCUT2D eigenvalue weighted by molar-refractivity contribution is 6.25. The number of carbonyl (C=O) groups is 3. The maximum Gasteiger partial charge on any atom is 0.409 e. The molecule has 1 amide bonds. The number of benzene rings is 1. The molecule has 0 saturated carbocycles. The number of aliphatic hydroxyl groups is 1. The minimum atomic E-state index is -0.917. The molecule has 4 aliphatic rings. The van der Waals surface area contributed by atoms with E-state index in [9.17, 15) is 19.5 Å². The number of nitrogens with two attached hydrogens (primary N) is 1. The number of nitrogens with one attached hydrogen (secondary N) is 2. The number of ether oxygens (including phenoxy) is 2.